The highest BCUT2D eigenvalue weighted by Crippen LogP contribution is 2.29. The largest absolute Gasteiger partial charge is 0.496 e. The number of imidazole rings is 1. The summed E-state index contributed by atoms with van der Waals surface area (Å²) in [4.78, 5) is 32.5. The zero-order valence-corrected chi connectivity index (χ0v) is 18.8. The smallest absolute Gasteiger partial charge is 0.359 e. The Morgan fingerprint density at radius 1 is 1.06 bits per heavy atom. The van der Waals surface area contributed by atoms with Crippen LogP contribution in [-0.4, -0.2) is 49.2 Å². The van der Waals surface area contributed by atoms with Gasteiger partial charge in [0.2, 0.25) is 5.95 Å². The van der Waals surface area contributed by atoms with E-state index >= 15 is 0 Å². The fourth-order valence-electron chi connectivity index (χ4n) is 3.19. The number of nitrogens with one attached hydrogen (secondary N) is 1. The van der Waals surface area contributed by atoms with Gasteiger partial charge in [0.05, 0.1) is 19.3 Å². The molecule has 0 saturated carbocycles. The minimum atomic E-state index is -0.557. The summed E-state index contributed by atoms with van der Waals surface area (Å²) in [7, 11) is 5.14. The zero-order valence-electron chi connectivity index (χ0n) is 18.8. The number of para-hydroxylation sites is 2. The van der Waals surface area contributed by atoms with Gasteiger partial charge >= 0.3 is 5.97 Å². The van der Waals surface area contributed by atoms with Crippen LogP contribution < -0.4 is 15.0 Å². The molecule has 0 spiro atoms. The van der Waals surface area contributed by atoms with Crippen LogP contribution in [0.15, 0.2) is 54.6 Å². The number of carbonyl (C=O) groups is 2. The molecule has 1 heterocycles. The molecule has 1 N–H and O–H groups in total. The van der Waals surface area contributed by atoms with Crippen molar-refractivity contribution < 1.29 is 19.1 Å². The van der Waals surface area contributed by atoms with Crippen molar-refractivity contribution in [3.63, 3.8) is 0 Å². The molecule has 8 heteroatoms. The van der Waals surface area contributed by atoms with E-state index in [1.807, 2.05) is 51.4 Å². The summed E-state index contributed by atoms with van der Waals surface area (Å²) in [6, 6.07) is 16.2. The summed E-state index contributed by atoms with van der Waals surface area (Å²) < 4.78 is 12.5. The number of methoxy groups -OCH3 is 1. The van der Waals surface area contributed by atoms with Gasteiger partial charge in [-0.1, -0.05) is 43.7 Å². The van der Waals surface area contributed by atoms with Crippen molar-refractivity contribution in [3.05, 3.63) is 65.9 Å². The molecule has 0 unspecified atom stereocenters. The lowest BCUT2D eigenvalue weighted by molar-refractivity contribution is 0.0492. The van der Waals surface area contributed by atoms with Crippen molar-refractivity contribution in [1.82, 2.24) is 9.55 Å². The van der Waals surface area contributed by atoms with Crippen molar-refractivity contribution in [1.29, 1.82) is 0 Å². The number of ether oxygens (including phenoxy) is 2. The molecule has 0 aliphatic heterocycles. The molecule has 3 aromatic rings. The molecule has 168 valence electrons. The van der Waals surface area contributed by atoms with Crippen molar-refractivity contribution in [2.45, 2.75) is 19.8 Å². The van der Waals surface area contributed by atoms with E-state index in [-0.39, 0.29) is 18.1 Å². The molecule has 2 aromatic carbocycles. The maximum absolute atomic E-state index is 13.1. The Hall–Kier alpha value is -3.81. The third-order valence-corrected chi connectivity index (χ3v) is 4.78. The van der Waals surface area contributed by atoms with Crippen LogP contribution in [-0.2, 0) is 4.74 Å². The second-order valence-electron chi connectivity index (χ2n) is 7.32. The summed E-state index contributed by atoms with van der Waals surface area (Å²) in [6.45, 7) is 2.30. The van der Waals surface area contributed by atoms with Crippen LogP contribution in [0.1, 0.15) is 40.6 Å². The number of carbonyl (C=O) groups excluding carboxylic acids is 2. The van der Waals surface area contributed by atoms with Gasteiger partial charge in [0.25, 0.3) is 5.91 Å². The molecular weight excluding hydrogens is 408 g/mol. The lowest BCUT2D eigenvalue weighted by Gasteiger charge is -2.16. The monoisotopic (exact) mass is 436 g/mol. The number of anilines is 2. The second kappa shape index (κ2) is 10.5. The van der Waals surface area contributed by atoms with E-state index in [1.165, 1.54) is 7.11 Å². The first kappa shape index (κ1) is 22.9. The fourth-order valence-corrected chi connectivity index (χ4v) is 3.19. The van der Waals surface area contributed by atoms with Gasteiger partial charge in [-0.15, -0.1) is 0 Å². The van der Waals surface area contributed by atoms with Gasteiger partial charge in [-0.3, -0.25) is 9.36 Å². The molecule has 32 heavy (non-hydrogen) atoms. The van der Waals surface area contributed by atoms with Crippen LogP contribution in [0.25, 0.3) is 5.69 Å². The Bertz CT molecular complexity index is 1080. The summed E-state index contributed by atoms with van der Waals surface area (Å²) in [6.07, 6.45) is 1.64. The first-order chi connectivity index (χ1) is 15.5. The number of rotatable bonds is 9. The number of hydrogen-bond acceptors (Lipinski definition) is 6. The van der Waals surface area contributed by atoms with Gasteiger partial charge in [-0.2, -0.15) is 4.98 Å². The average Bonchev–Trinajstić information content (AvgIpc) is 3.19. The number of benzene rings is 2. The van der Waals surface area contributed by atoms with Crippen molar-refractivity contribution >= 4 is 23.6 Å². The van der Waals surface area contributed by atoms with Crippen LogP contribution in [0.4, 0.5) is 11.8 Å². The highest BCUT2D eigenvalue weighted by Gasteiger charge is 2.28. The highest BCUT2D eigenvalue weighted by molar-refractivity contribution is 6.08. The standard InChI is InChI=1S/C24H28N4O4/c1-5-6-16-32-23(30)20-21(25-22(29)18-14-10-11-15-19(18)31-4)26-24(27(2)3)28(20)17-12-8-7-9-13-17/h7-15H,5-6,16H2,1-4H3,(H,25,29). The number of aromatic nitrogens is 2. The molecule has 0 aliphatic rings. The molecule has 0 radical (unpaired) electrons. The fraction of sp³-hybridized carbons (Fsp3) is 0.292. The summed E-state index contributed by atoms with van der Waals surface area (Å²) in [5.41, 5.74) is 1.21. The van der Waals surface area contributed by atoms with Gasteiger partial charge in [0, 0.05) is 19.8 Å². The number of nitrogens with zero attached hydrogens (tertiary/aromatic N) is 3. The summed E-state index contributed by atoms with van der Waals surface area (Å²) in [5, 5.41) is 2.78. The molecular formula is C24H28N4O4. The van der Waals surface area contributed by atoms with Crippen LogP contribution in [0, 0.1) is 0 Å². The Morgan fingerprint density at radius 2 is 1.75 bits per heavy atom. The minimum Gasteiger partial charge on any atom is -0.496 e. The molecule has 1 amide bonds. The van der Waals surface area contributed by atoms with E-state index in [4.69, 9.17) is 9.47 Å². The first-order valence-electron chi connectivity index (χ1n) is 10.4. The Labute approximate surface area is 187 Å². The van der Waals surface area contributed by atoms with E-state index in [9.17, 15) is 9.59 Å². The maximum Gasteiger partial charge on any atom is 0.359 e. The molecule has 8 nitrogen and oxygen atoms in total. The molecule has 0 atom stereocenters. The number of hydrogen-bond donors (Lipinski definition) is 1. The molecule has 0 fully saturated rings. The quantitative estimate of drug-likeness (QED) is 0.401. The van der Waals surface area contributed by atoms with Crippen LogP contribution in [0.5, 0.6) is 5.75 Å². The predicted octanol–water partition coefficient (Wildman–Crippen LogP) is 4.16. The van der Waals surface area contributed by atoms with E-state index in [1.54, 1.807) is 33.7 Å². The summed E-state index contributed by atoms with van der Waals surface area (Å²) >= 11 is 0. The van der Waals surface area contributed by atoms with Gasteiger partial charge in [-0.25, -0.2) is 4.79 Å². The third-order valence-electron chi connectivity index (χ3n) is 4.78. The maximum atomic E-state index is 13.1. The van der Waals surface area contributed by atoms with E-state index in [2.05, 4.69) is 10.3 Å². The van der Waals surface area contributed by atoms with Gasteiger partial charge in [0.15, 0.2) is 11.5 Å². The average molecular weight is 437 g/mol. The highest BCUT2D eigenvalue weighted by atomic mass is 16.5. The lowest BCUT2D eigenvalue weighted by Crippen LogP contribution is -2.19. The number of amides is 1. The Balaban J connectivity index is 2.10. The van der Waals surface area contributed by atoms with E-state index in [0.717, 1.165) is 18.5 Å². The molecule has 1 aromatic heterocycles. The SMILES string of the molecule is CCCCOC(=O)c1c(NC(=O)c2ccccc2OC)nc(N(C)C)n1-c1ccccc1. The molecule has 0 saturated heterocycles. The minimum absolute atomic E-state index is 0.120. The number of unbranched alkanes of at least 4 members (excludes halogenated alkanes) is 1. The lowest BCUT2D eigenvalue weighted by atomic mass is 10.2. The second-order valence-corrected chi connectivity index (χ2v) is 7.32. The first-order valence-corrected chi connectivity index (χ1v) is 10.4. The predicted molar refractivity (Wildman–Crippen MR) is 124 cm³/mol. The van der Waals surface area contributed by atoms with Crippen molar-refractivity contribution in [2.75, 3.05) is 38.0 Å². The van der Waals surface area contributed by atoms with Crippen LogP contribution in [0.3, 0.4) is 0 Å². The van der Waals surface area contributed by atoms with Gasteiger partial charge < -0.3 is 19.7 Å². The van der Waals surface area contributed by atoms with Gasteiger partial charge in [-0.05, 0) is 30.7 Å². The normalized spacial score (nSPS) is 10.5. The zero-order chi connectivity index (χ0) is 23.1. The Morgan fingerprint density at radius 3 is 2.41 bits per heavy atom. The van der Waals surface area contributed by atoms with Crippen molar-refractivity contribution in [2.24, 2.45) is 0 Å². The van der Waals surface area contributed by atoms with E-state index < -0.39 is 11.9 Å². The van der Waals surface area contributed by atoms with Crippen molar-refractivity contribution in [3.8, 4) is 11.4 Å². The number of esters is 1. The molecule has 3 rings (SSSR count). The van der Waals surface area contributed by atoms with Crippen LogP contribution >= 0.6 is 0 Å². The van der Waals surface area contributed by atoms with Crippen LogP contribution in [0.2, 0.25) is 0 Å². The van der Waals surface area contributed by atoms with E-state index in [0.29, 0.717) is 17.3 Å². The topological polar surface area (TPSA) is 85.7 Å². The third kappa shape index (κ3) is 4.91. The summed E-state index contributed by atoms with van der Waals surface area (Å²) in [5.74, 6) is 0.0302. The molecule has 0 aliphatic carbocycles. The Kier molecular flexibility index (Phi) is 7.49. The molecule has 0 bridgehead atoms. The van der Waals surface area contributed by atoms with Gasteiger partial charge in [0.1, 0.15) is 5.75 Å².